The minimum Gasteiger partial charge on any atom is -0.300 e. The predicted octanol–water partition coefficient (Wildman–Crippen LogP) is 0.685. The second-order valence-electron chi connectivity index (χ2n) is 3.18. The molecule has 0 spiro atoms. The highest BCUT2D eigenvalue weighted by Gasteiger charge is 1.98. The van der Waals surface area contributed by atoms with Gasteiger partial charge in [0.25, 0.3) is 0 Å². The molecule has 78 valence electrons. The van der Waals surface area contributed by atoms with Crippen LogP contribution in [0.15, 0.2) is 0 Å². The summed E-state index contributed by atoms with van der Waals surface area (Å²) >= 11 is 0. The first-order chi connectivity index (χ1) is 5.92. The van der Waals surface area contributed by atoms with Crippen molar-refractivity contribution in [2.45, 2.75) is 32.6 Å². The van der Waals surface area contributed by atoms with Crippen LogP contribution in [-0.4, -0.2) is 27.0 Å². The summed E-state index contributed by atoms with van der Waals surface area (Å²) in [5.41, 5.74) is 0. The van der Waals surface area contributed by atoms with Crippen molar-refractivity contribution in [3.63, 3.8) is 0 Å². The van der Waals surface area contributed by atoms with Crippen molar-refractivity contribution in [1.29, 1.82) is 0 Å². The van der Waals surface area contributed by atoms with Crippen LogP contribution in [0, 0.1) is 0 Å². The molecule has 0 amide bonds. The maximum Gasteiger partial charge on any atom is 0.208 e. The summed E-state index contributed by atoms with van der Waals surface area (Å²) in [5.74, 6) is 0.191. The van der Waals surface area contributed by atoms with E-state index in [0.29, 0.717) is 13.0 Å². The van der Waals surface area contributed by atoms with Crippen molar-refractivity contribution in [1.82, 2.24) is 4.72 Å². The molecule has 0 aliphatic heterocycles. The Balaban J connectivity index is 3.23. The lowest BCUT2D eigenvalue weighted by atomic mass is 10.1. The van der Waals surface area contributed by atoms with Crippen molar-refractivity contribution in [3.05, 3.63) is 0 Å². The van der Waals surface area contributed by atoms with E-state index in [1.165, 1.54) is 0 Å². The van der Waals surface area contributed by atoms with E-state index in [1.807, 2.05) is 0 Å². The molecule has 0 aliphatic carbocycles. The highest BCUT2D eigenvalue weighted by Crippen LogP contribution is 1.99. The fourth-order valence-corrected chi connectivity index (χ4v) is 1.45. The van der Waals surface area contributed by atoms with E-state index in [2.05, 4.69) is 4.72 Å². The number of Topliss-reactive ketones (excluding diaryl/α,β-unsaturated/α-hetero) is 1. The van der Waals surface area contributed by atoms with E-state index < -0.39 is 10.0 Å². The fourth-order valence-electron chi connectivity index (χ4n) is 0.933. The van der Waals surface area contributed by atoms with E-state index >= 15 is 0 Å². The highest BCUT2D eigenvalue weighted by molar-refractivity contribution is 7.88. The van der Waals surface area contributed by atoms with E-state index in [-0.39, 0.29) is 5.78 Å². The maximum atomic E-state index is 10.6. The van der Waals surface area contributed by atoms with Gasteiger partial charge in [0.15, 0.2) is 0 Å². The number of unbranched alkanes of at least 4 members (excludes halogenated alkanes) is 2. The zero-order chi connectivity index (χ0) is 10.3. The molecule has 5 heteroatoms. The van der Waals surface area contributed by atoms with Gasteiger partial charge < -0.3 is 4.79 Å². The van der Waals surface area contributed by atoms with Gasteiger partial charge in [0.2, 0.25) is 10.0 Å². The number of nitrogens with one attached hydrogen (secondary N) is 1. The van der Waals surface area contributed by atoms with Crippen molar-refractivity contribution in [2.24, 2.45) is 0 Å². The SMILES string of the molecule is CC(=O)CCCCCNS(C)(=O)=O. The normalized spacial score (nSPS) is 11.5. The predicted molar refractivity (Wildman–Crippen MR) is 52.0 cm³/mol. The second-order valence-corrected chi connectivity index (χ2v) is 5.01. The second kappa shape index (κ2) is 6.10. The lowest BCUT2D eigenvalue weighted by Crippen LogP contribution is -2.22. The lowest BCUT2D eigenvalue weighted by molar-refractivity contribution is -0.117. The van der Waals surface area contributed by atoms with Crippen molar-refractivity contribution in [3.8, 4) is 0 Å². The van der Waals surface area contributed by atoms with Crippen LogP contribution >= 0.6 is 0 Å². The number of sulfonamides is 1. The Morgan fingerprint density at radius 1 is 1.23 bits per heavy atom. The van der Waals surface area contributed by atoms with Crippen molar-refractivity contribution in [2.75, 3.05) is 12.8 Å². The zero-order valence-corrected chi connectivity index (χ0v) is 8.99. The zero-order valence-electron chi connectivity index (χ0n) is 8.17. The summed E-state index contributed by atoms with van der Waals surface area (Å²) in [5, 5.41) is 0. The molecule has 0 heterocycles. The molecule has 13 heavy (non-hydrogen) atoms. The molecule has 0 unspecified atom stereocenters. The Hall–Kier alpha value is -0.420. The third-order valence-electron chi connectivity index (χ3n) is 1.57. The van der Waals surface area contributed by atoms with Crippen molar-refractivity contribution < 1.29 is 13.2 Å². The molecular weight excluding hydrogens is 190 g/mol. The smallest absolute Gasteiger partial charge is 0.208 e. The summed E-state index contributed by atoms with van der Waals surface area (Å²) in [4.78, 5) is 10.5. The standard InChI is InChI=1S/C8H17NO3S/c1-8(10)6-4-3-5-7-9-13(2,11)12/h9H,3-7H2,1-2H3. The van der Waals surface area contributed by atoms with Crippen LogP contribution in [0.1, 0.15) is 32.6 Å². The Morgan fingerprint density at radius 3 is 2.31 bits per heavy atom. The highest BCUT2D eigenvalue weighted by atomic mass is 32.2. The Morgan fingerprint density at radius 2 is 1.85 bits per heavy atom. The monoisotopic (exact) mass is 207 g/mol. The lowest BCUT2D eigenvalue weighted by Gasteiger charge is -2.00. The van der Waals surface area contributed by atoms with Gasteiger partial charge in [-0.3, -0.25) is 0 Å². The summed E-state index contributed by atoms with van der Waals surface area (Å²) < 4.78 is 23.6. The number of carbonyl (C=O) groups excluding carboxylic acids is 1. The molecule has 0 atom stereocenters. The number of hydrogen-bond acceptors (Lipinski definition) is 3. The molecule has 0 aromatic heterocycles. The molecule has 0 aromatic rings. The summed E-state index contributed by atoms with van der Waals surface area (Å²) in [6.07, 6.45) is 4.27. The van der Waals surface area contributed by atoms with Crippen LogP contribution in [0.5, 0.6) is 0 Å². The van der Waals surface area contributed by atoms with Gasteiger partial charge in [0.1, 0.15) is 5.78 Å². The van der Waals surface area contributed by atoms with Crippen LogP contribution in [0.3, 0.4) is 0 Å². The van der Waals surface area contributed by atoms with Gasteiger partial charge in [0.05, 0.1) is 6.26 Å². The Labute approximate surface area is 79.8 Å². The van der Waals surface area contributed by atoms with Crippen LogP contribution in [0.4, 0.5) is 0 Å². The molecule has 4 nitrogen and oxygen atoms in total. The Bertz CT molecular complexity index is 246. The summed E-state index contributed by atoms with van der Waals surface area (Å²) in [6, 6.07) is 0. The summed E-state index contributed by atoms with van der Waals surface area (Å²) in [7, 11) is -3.04. The summed E-state index contributed by atoms with van der Waals surface area (Å²) in [6.45, 7) is 2.03. The molecule has 0 saturated heterocycles. The average Bonchev–Trinajstić information content (AvgIpc) is 1.93. The van der Waals surface area contributed by atoms with Gasteiger partial charge >= 0.3 is 0 Å². The number of hydrogen-bond donors (Lipinski definition) is 1. The van der Waals surface area contributed by atoms with Crippen LogP contribution in [0.2, 0.25) is 0 Å². The van der Waals surface area contributed by atoms with Gasteiger partial charge in [-0.15, -0.1) is 0 Å². The average molecular weight is 207 g/mol. The molecule has 1 N–H and O–H groups in total. The van der Waals surface area contributed by atoms with E-state index in [0.717, 1.165) is 25.5 Å². The van der Waals surface area contributed by atoms with E-state index in [9.17, 15) is 13.2 Å². The molecule has 0 aromatic carbocycles. The van der Waals surface area contributed by atoms with Gasteiger partial charge in [-0.1, -0.05) is 6.42 Å². The van der Waals surface area contributed by atoms with Crippen LogP contribution < -0.4 is 4.72 Å². The fraction of sp³-hybridized carbons (Fsp3) is 0.875. The molecular formula is C8H17NO3S. The van der Waals surface area contributed by atoms with Crippen LogP contribution in [0.25, 0.3) is 0 Å². The minimum absolute atomic E-state index is 0.191. The molecule has 0 bridgehead atoms. The molecule has 0 aliphatic rings. The maximum absolute atomic E-state index is 10.6. The van der Waals surface area contributed by atoms with Crippen molar-refractivity contribution >= 4 is 15.8 Å². The van der Waals surface area contributed by atoms with E-state index in [4.69, 9.17) is 0 Å². The number of rotatable bonds is 7. The quantitative estimate of drug-likeness (QED) is 0.625. The first kappa shape index (κ1) is 12.6. The van der Waals surface area contributed by atoms with Gasteiger partial charge in [-0.2, -0.15) is 0 Å². The first-order valence-corrected chi connectivity index (χ1v) is 6.25. The van der Waals surface area contributed by atoms with Crippen LogP contribution in [-0.2, 0) is 14.8 Å². The topological polar surface area (TPSA) is 63.2 Å². The van der Waals surface area contributed by atoms with Gasteiger partial charge in [-0.05, 0) is 19.8 Å². The molecule has 0 rings (SSSR count). The number of carbonyl (C=O) groups is 1. The molecule has 0 fully saturated rings. The third kappa shape index (κ3) is 11.6. The number of ketones is 1. The largest absolute Gasteiger partial charge is 0.300 e. The van der Waals surface area contributed by atoms with E-state index in [1.54, 1.807) is 6.92 Å². The third-order valence-corrected chi connectivity index (χ3v) is 2.30. The Kier molecular flexibility index (Phi) is 5.90. The molecule has 0 radical (unpaired) electrons. The molecule has 0 saturated carbocycles. The van der Waals surface area contributed by atoms with Gasteiger partial charge in [0, 0.05) is 13.0 Å². The first-order valence-electron chi connectivity index (χ1n) is 4.36. The minimum atomic E-state index is -3.04. The van der Waals surface area contributed by atoms with Gasteiger partial charge in [-0.25, -0.2) is 13.1 Å².